The third kappa shape index (κ3) is 2.97. The summed E-state index contributed by atoms with van der Waals surface area (Å²) < 4.78 is 7.31. The van der Waals surface area contributed by atoms with E-state index in [0.29, 0.717) is 16.7 Å². The van der Waals surface area contributed by atoms with Crippen molar-refractivity contribution in [3.8, 4) is 0 Å². The number of benzene rings is 2. The van der Waals surface area contributed by atoms with Crippen LogP contribution in [0.2, 0.25) is 0 Å². The highest BCUT2D eigenvalue weighted by Crippen LogP contribution is 2.23. The van der Waals surface area contributed by atoms with E-state index in [9.17, 15) is 9.59 Å². The van der Waals surface area contributed by atoms with E-state index >= 15 is 0 Å². The van der Waals surface area contributed by atoms with Gasteiger partial charge in [0.1, 0.15) is 17.9 Å². The van der Waals surface area contributed by atoms with E-state index in [0.717, 1.165) is 11.0 Å². The van der Waals surface area contributed by atoms with Crippen molar-refractivity contribution in [2.45, 2.75) is 19.5 Å². The molecule has 130 valence electrons. The van der Waals surface area contributed by atoms with Crippen LogP contribution in [0.1, 0.15) is 18.7 Å². The molecule has 0 spiro atoms. The summed E-state index contributed by atoms with van der Waals surface area (Å²) in [6, 6.07) is 16.5. The second-order valence-electron chi connectivity index (χ2n) is 6.16. The number of para-hydroxylation sites is 2. The molecule has 0 aliphatic carbocycles. The topological polar surface area (TPSA) is 77.1 Å². The zero-order valence-electron chi connectivity index (χ0n) is 14.2. The van der Waals surface area contributed by atoms with E-state index < -0.39 is 0 Å². The summed E-state index contributed by atoms with van der Waals surface area (Å²) in [5.74, 6) is 0.483. The lowest BCUT2D eigenvalue weighted by Crippen LogP contribution is -2.31. The average molecular weight is 347 g/mol. The first-order valence-corrected chi connectivity index (χ1v) is 8.34. The fourth-order valence-corrected chi connectivity index (χ4v) is 3.00. The molecule has 0 bridgehead atoms. The molecule has 0 radical (unpaired) electrons. The van der Waals surface area contributed by atoms with Crippen molar-refractivity contribution in [3.05, 3.63) is 76.8 Å². The van der Waals surface area contributed by atoms with E-state index in [2.05, 4.69) is 10.4 Å². The molecule has 1 atom stereocenters. The molecule has 1 N–H and O–H groups in total. The number of nitrogens with zero attached hydrogens (tertiary/aromatic N) is 2. The highest BCUT2D eigenvalue weighted by molar-refractivity contribution is 5.82. The van der Waals surface area contributed by atoms with Crippen LogP contribution < -0.4 is 10.7 Å². The molecule has 0 fully saturated rings. The van der Waals surface area contributed by atoms with Crippen LogP contribution in [0.4, 0.5) is 0 Å². The monoisotopic (exact) mass is 347 g/mol. The Hall–Kier alpha value is -3.41. The van der Waals surface area contributed by atoms with E-state index in [4.69, 9.17) is 4.42 Å². The molecule has 6 heteroatoms. The predicted molar refractivity (Wildman–Crippen MR) is 98.8 cm³/mol. The minimum Gasteiger partial charge on any atom is -0.459 e. The van der Waals surface area contributed by atoms with Gasteiger partial charge < -0.3 is 9.73 Å². The smallest absolute Gasteiger partial charge is 0.242 e. The number of carbonyl (C=O) groups excluding carboxylic acids is 1. The zero-order chi connectivity index (χ0) is 18.1. The minimum atomic E-state index is -0.277. The maximum absolute atomic E-state index is 12.4. The van der Waals surface area contributed by atoms with Crippen molar-refractivity contribution in [1.29, 1.82) is 0 Å². The summed E-state index contributed by atoms with van der Waals surface area (Å²) in [5, 5.41) is 8.53. The molecule has 0 unspecified atom stereocenters. The first-order chi connectivity index (χ1) is 12.6. The molecule has 4 rings (SSSR count). The van der Waals surface area contributed by atoms with Gasteiger partial charge in [-0.1, -0.05) is 30.3 Å². The Balaban J connectivity index is 1.54. The maximum atomic E-state index is 12.4. The lowest BCUT2D eigenvalue weighted by Gasteiger charge is -2.13. The maximum Gasteiger partial charge on any atom is 0.242 e. The second-order valence-corrected chi connectivity index (χ2v) is 6.16. The van der Waals surface area contributed by atoms with Crippen LogP contribution in [0.3, 0.4) is 0 Å². The Kier molecular flexibility index (Phi) is 4.01. The highest BCUT2D eigenvalue weighted by Gasteiger charge is 2.15. The molecule has 0 aliphatic heterocycles. The van der Waals surface area contributed by atoms with Gasteiger partial charge in [0.25, 0.3) is 0 Å². The lowest BCUT2D eigenvalue weighted by molar-refractivity contribution is -0.122. The number of rotatable bonds is 4. The normalized spacial score (nSPS) is 12.3. The second kappa shape index (κ2) is 6.48. The van der Waals surface area contributed by atoms with Crippen molar-refractivity contribution in [1.82, 2.24) is 15.1 Å². The number of hydrogen-bond acceptors (Lipinski definition) is 4. The molecule has 2 heterocycles. The molecule has 4 aromatic rings. The number of hydrogen-bond donors (Lipinski definition) is 1. The molecule has 6 nitrogen and oxygen atoms in total. The van der Waals surface area contributed by atoms with Crippen molar-refractivity contribution in [2.24, 2.45) is 0 Å². The SMILES string of the molecule is C[C@@H](NC(=O)Cn1ncc(=O)c2ccccc21)c1cc2ccccc2o1. The lowest BCUT2D eigenvalue weighted by atomic mass is 10.2. The first kappa shape index (κ1) is 16.1. The molecule has 1 amide bonds. The van der Waals surface area contributed by atoms with Crippen LogP contribution in [0.15, 0.2) is 70.0 Å². The van der Waals surface area contributed by atoms with Crippen molar-refractivity contribution in [3.63, 3.8) is 0 Å². The van der Waals surface area contributed by atoms with Crippen LogP contribution in [-0.4, -0.2) is 15.7 Å². The number of amides is 1. The number of furan rings is 1. The fraction of sp³-hybridized carbons (Fsp3) is 0.150. The van der Waals surface area contributed by atoms with Crippen molar-refractivity contribution >= 4 is 27.8 Å². The van der Waals surface area contributed by atoms with Gasteiger partial charge in [0.15, 0.2) is 0 Å². The Morgan fingerprint density at radius 2 is 1.96 bits per heavy atom. The van der Waals surface area contributed by atoms with Gasteiger partial charge in [0.05, 0.1) is 17.8 Å². The molecule has 0 aliphatic rings. The van der Waals surface area contributed by atoms with Crippen molar-refractivity contribution in [2.75, 3.05) is 0 Å². The number of nitrogens with one attached hydrogen (secondary N) is 1. The minimum absolute atomic E-state index is 0.0192. The average Bonchev–Trinajstić information content (AvgIpc) is 3.09. The van der Waals surface area contributed by atoms with Gasteiger partial charge in [0.2, 0.25) is 11.3 Å². The summed E-state index contributed by atoms with van der Waals surface area (Å²) in [5.41, 5.74) is 1.26. The summed E-state index contributed by atoms with van der Waals surface area (Å²) in [6.07, 6.45) is 1.23. The quantitative estimate of drug-likeness (QED) is 0.616. The van der Waals surface area contributed by atoms with Crippen LogP contribution in [0.5, 0.6) is 0 Å². The van der Waals surface area contributed by atoms with Crippen LogP contribution in [0.25, 0.3) is 21.9 Å². The Bertz CT molecular complexity index is 1130. The standard InChI is InChI=1S/C20H17N3O3/c1-13(19-10-14-6-2-5-9-18(14)26-19)22-20(25)12-23-16-8-4-3-7-15(16)17(24)11-21-23/h2-11,13H,12H2,1H3,(H,22,25)/t13-/m1/s1. The fourth-order valence-electron chi connectivity index (χ4n) is 3.00. The molecule has 0 saturated carbocycles. The van der Waals surface area contributed by atoms with Gasteiger partial charge >= 0.3 is 0 Å². The zero-order valence-corrected chi connectivity index (χ0v) is 14.2. The van der Waals surface area contributed by atoms with Crippen LogP contribution in [-0.2, 0) is 11.3 Å². The largest absolute Gasteiger partial charge is 0.459 e. The summed E-state index contributed by atoms with van der Waals surface area (Å²) in [4.78, 5) is 24.3. The summed E-state index contributed by atoms with van der Waals surface area (Å²) >= 11 is 0. The van der Waals surface area contributed by atoms with Gasteiger partial charge in [-0.3, -0.25) is 14.3 Å². The van der Waals surface area contributed by atoms with E-state index in [-0.39, 0.29) is 23.9 Å². The molecular weight excluding hydrogens is 330 g/mol. The number of fused-ring (bicyclic) bond motifs is 2. The van der Waals surface area contributed by atoms with E-state index in [1.165, 1.54) is 10.9 Å². The third-order valence-electron chi connectivity index (χ3n) is 4.30. The third-order valence-corrected chi connectivity index (χ3v) is 4.30. The predicted octanol–water partition coefficient (Wildman–Crippen LogP) is 3.02. The van der Waals surface area contributed by atoms with Gasteiger partial charge in [-0.25, -0.2) is 0 Å². The summed E-state index contributed by atoms with van der Waals surface area (Å²) in [7, 11) is 0. The van der Waals surface area contributed by atoms with Crippen LogP contribution in [0, 0.1) is 0 Å². The van der Waals surface area contributed by atoms with Crippen molar-refractivity contribution < 1.29 is 9.21 Å². The van der Waals surface area contributed by atoms with E-state index in [1.807, 2.05) is 43.3 Å². The van der Waals surface area contributed by atoms with Gasteiger partial charge in [-0.2, -0.15) is 5.10 Å². The first-order valence-electron chi connectivity index (χ1n) is 8.34. The summed E-state index contributed by atoms with van der Waals surface area (Å²) in [6.45, 7) is 1.89. The highest BCUT2D eigenvalue weighted by atomic mass is 16.3. The Morgan fingerprint density at radius 1 is 1.19 bits per heavy atom. The molecule has 2 aromatic carbocycles. The van der Waals surface area contributed by atoms with Gasteiger partial charge in [0, 0.05) is 10.8 Å². The van der Waals surface area contributed by atoms with Gasteiger partial charge in [-0.15, -0.1) is 0 Å². The molecular formula is C20H17N3O3. The Labute approximate surface area is 149 Å². The van der Waals surface area contributed by atoms with Gasteiger partial charge in [-0.05, 0) is 31.2 Å². The Morgan fingerprint density at radius 3 is 2.81 bits per heavy atom. The van der Waals surface area contributed by atoms with Crippen LogP contribution >= 0.6 is 0 Å². The molecule has 26 heavy (non-hydrogen) atoms. The van der Waals surface area contributed by atoms with E-state index in [1.54, 1.807) is 18.2 Å². The molecule has 2 aromatic heterocycles. The number of aromatic nitrogens is 2. The molecule has 0 saturated heterocycles. The number of carbonyl (C=O) groups is 1.